The molecule has 0 unspecified atom stereocenters. The zero-order valence-electron chi connectivity index (χ0n) is 5.67. The lowest BCUT2D eigenvalue weighted by molar-refractivity contribution is 0.184. The van der Waals surface area contributed by atoms with E-state index in [4.69, 9.17) is 4.74 Å². The Morgan fingerprint density at radius 1 is 1.60 bits per heavy atom. The van der Waals surface area contributed by atoms with Crippen LogP contribution in [-0.2, 0) is 11.3 Å². The van der Waals surface area contributed by atoms with Gasteiger partial charge in [-0.3, -0.25) is 4.98 Å². The third-order valence-corrected chi connectivity index (χ3v) is 1.51. The molecule has 0 bridgehead atoms. The van der Waals surface area contributed by atoms with Crippen LogP contribution in [0.2, 0.25) is 0 Å². The van der Waals surface area contributed by atoms with Gasteiger partial charge in [-0.25, -0.2) is 0 Å². The maximum Gasteiger partial charge on any atom is 0.0728 e. The molecule has 0 N–H and O–H groups in total. The summed E-state index contributed by atoms with van der Waals surface area (Å²) >= 11 is 3.31. The molecule has 0 saturated carbocycles. The second-order valence-corrected chi connectivity index (χ2v) is 2.86. The summed E-state index contributed by atoms with van der Waals surface area (Å²) in [6, 6.07) is 1.98. The van der Waals surface area contributed by atoms with Gasteiger partial charge in [0.2, 0.25) is 0 Å². The second kappa shape index (κ2) is 3.68. The van der Waals surface area contributed by atoms with E-state index in [2.05, 4.69) is 20.9 Å². The highest BCUT2D eigenvalue weighted by molar-refractivity contribution is 9.10. The molecule has 0 fully saturated rings. The van der Waals surface area contributed by atoms with Crippen molar-refractivity contribution in [2.75, 3.05) is 7.11 Å². The summed E-state index contributed by atoms with van der Waals surface area (Å²) in [6.45, 7) is 0.617. The largest absolute Gasteiger partial charge is 0.380 e. The molecule has 0 spiro atoms. The Hall–Kier alpha value is -0.410. The predicted octanol–water partition coefficient (Wildman–Crippen LogP) is 1.99. The first-order valence-corrected chi connectivity index (χ1v) is 3.70. The van der Waals surface area contributed by atoms with Crippen molar-refractivity contribution in [3.63, 3.8) is 0 Å². The van der Waals surface area contributed by atoms with Crippen LogP contribution in [0.3, 0.4) is 0 Å². The molecule has 0 aromatic carbocycles. The Labute approximate surface area is 68.4 Å². The number of hydrogen-bond donors (Lipinski definition) is 0. The fourth-order valence-electron chi connectivity index (χ4n) is 0.701. The van der Waals surface area contributed by atoms with E-state index < -0.39 is 0 Å². The summed E-state index contributed by atoms with van der Waals surface area (Å²) in [5.41, 5.74) is 1.08. The van der Waals surface area contributed by atoms with Crippen LogP contribution in [0.1, 0.15) is 5.56 Å². The number of pyridine rings is 1. The van der Waals surface area contributed by atoms with Crippen molar-refractivity contribution in [1.29, 1.82) is 0 Å². The second-order valence-electron chi connectivity index (χ2n) is 1.94. The summed E-state index contributed by atoms with van der Waals surface area (Å²) < 4.78 is 5.91. The quantitative estimate of drug-likeness (QED) is 0.731. The number of rotatable bonds is 2. The van der Waals surface area contributed by atoms with Crippen LogP contribution in [-0.4, -0.2) is 12.1 Å². The van der Waals surface area contributed by atoms with Gasteiger partial charge in [-0.15, -0.1) is 0 Å². The highest BCUT2D eigenvalue weighted by Gasteiger charge is 1.91. The summed E-state index contributed by atoms with van der Waals surface area (Å²) in [5.74, 6) is 0. The number of halogens is 1. The zero-order valence-corrected chi connectivity index (χ0v) is 7.26. The fraction of sp³-hybridized carbons (Fsp3) is 0.286. The first-order valence-electron chi connectivity index (χ1n) is 2.91. The van der Waals surface area contributed by atoms with Crippen molar-refractivity contribution in [2.24, 2.45) is 0 Å². The predicted molar refractivity (Wildman–Crippen MR) is 42.7 cm³/mol. The minimum Gasteiger partial charge on any atom is -0.380 e. The van der Waals surface area contributed by atoms with Gasteiger partial charge >= 0.3 is 0 Å². The van der Waals surface area contributed by atoms with E-state index >= 15 is 0 Å². The van der Waals surface area contributed by atoms with Gasteiger partial charge in [0.05, 0.1) is 6.61 Å². The van der Waals surface area contributed by atoms with Crippen molar-refractivity contribution < 1.29 is 4.74 Å². The van der Waals surface area contributed by atoms with Gasteiger partial charge in [-0.2, -0.15) is 0 Å². The van der Waals surface area contributed by atoms with Gasteiger partial charge in [0.1, 0.15) is 0 Å². The van der Waals surface area contributed by atoms with Gasteiger partial charge in [-0.1, -0.05) is 0 Å². The van der Waals surface area contributed by atoms with E-state index in [0.717, 1.165) is 10.0 Å². The highest BCUT2D eigenvalue weighted by atomic mass is 79.9. The maximum absolute atomic E-state index is 4.92. The number of aromatic nitrogens is 1. The lowest BCUT2D eigenvalue weighted by Gasteiger charge is -1.97. The Balaban J connectivity index is 2.75. The Morgan fingerprint density at radius 3 is 3.00 bits per heavy atom. The van der Waals surface area contributed by atoms with Crippen LogP contribution in [0.25, 0.3) is 0 Å². The van der Waals surface area contributed by atoms with E-state index in [1.165, 1.54) is 0 Å². The van der Waals surface area contributed by atoms with Crippen LogP contribution in [0, 0.1) is 0 Å². The molecule has 0 aliphatic rings. The number of hydrogen-bond acceptors (Lipinski definition) is 2. The molecule has 0 atom stereocenters. The monoisotopic (exact) mass is 201 g/mol. The third kappa shape index (κ3) is 2.08. The molecule has 1 rings (SSSR count). The van der Waals surface area contributed by atoms with Crippen LogP contribution in [0.5, 0.6) is 0 Å². The van der Waals surface area contributed by atoms with Gasteiger partial charge < -0.3 is 4.74 Å². The molecule has 0 radical (unpaired) electrons. The average molecular weight is 202 g/mol. The number of nitrogens with zero attached hydrogens (tertiary/aromatic N) is 1. The normalized spacial score (nSPS) is 9.80. The van der Waals surface area contributed by atoms with E-state index in [1.54, 1.807) is 19.5 Å². The SMILES string of the molecule is COCc1cncc(Br)c1. The molecule has 10 heavy (non-hydrogen) atoms. The van der Waals surface area contributed by atoms with E-state index in [-0.39, 0.29) is 0 Å². The number of methoxy groups -OCH3 is 1. The van der Waals surface area contributed by atoms with Crippen LogP contribution in [0.4, 0.5) is 0 Å². The lowest BCUT2D eigenvalue weighted by Crippen LogP contribution is -1.87. The molecule has 0 saturated heterocycles. The first-order chi connectivity index (χ1) is 4.83. The third-order valence-electron chi connectivity index (χ3n) is 1.07. The molecule has 0 aliphatic heterocycles. The molecule has 0 aliphatic carbocycles. The Bertz CT molecular complexity index is 215. The highest BCUT2D eigenvalue weighted by Crippen LogP contribution is 2.09. The topological polar surface area (TPSA) is 22.1 Å². The van der Waals surface area contributed by atoms with E-state index in [1.807, 2.05) is 6.07 Å². The van der Waals surface area contributed by atoms with Gasteiger partial charge in [0, 0.05) is 24.0 Å². The van der Waals surface area contributed by atoms with E-state index in [0.29, 0.717) is 6.61 Å². The van der Waals surface area contributed by atoms with Crippen molar-refractivity contribution in [3.05, 3.63) is 28.5 Å². The maximum atomic E-state index is 4.92. The standard InChI is InChI=1S/C7H8BrNO/c1-10-5-6-2-7(8)4-9-3-6/h2-4H,5H2,1H3. The molecule has 2 nitrogen and oxygen atoms in total. The number of ether oxygens (including phenoxy) is 1. The molecule has 1 aromatic heterocycles. The summed E-state index contributed by atoms with van der Waals surface area (Å²) in [7, 11) is 1.67. The van der Waals surface area contributed by atoms with Crippen LogP contribution in [0.15, 0.2) is 22.9 Å². The summed E-state index contributed by atoms with van der Waals surface area (Å²) in [6.07, 6.45) is 3.54. The molecule has 1 aromatic rings. The molecule has 3 heteroatoms. The summed E-state index contributed by atoms with van der Waals surface area (Å²) in [4.78, 5) is 3.98. The zero-order chi connectivity index (χ0) is 7.40. The molecule has 54 valence electrons. The van der Waals surface area contributed by atoms with Gasteiger partial charge in [0.15, 0.2) is 0 Å². The van der Waals surface area contributed by atoms with Crippen molar-refractivity contribution in [3.8, 4) is 0 Å². The Kier molecular flexibility index (Phi) is 2.83. The van der Waals surface area contributed by atoms with Crippen molar-refractivity contribution >= 4 is 15.9 Å². The molecular formula is C7H8BrNO. The molecule has 0 amide bonds. The smallest absolute Gasteiger partial charge is 0.0728 e. The lowest BCUT2D eigenvalue weighted by atomic mass is 10.3. The average Bonchev–Trinajstić information content (AvgIpc) is 1.88. The minimum absolute atomic E-state index is 0.617. The first kappa shape index (κ1) is 7.69. The summed E-state index contributed by atoms with van der Waals surface area (Å²) in [5, 5.41) is 0. The van der Waals surface area contributed by atoms with Crippen LogP contribution >= 0.6 is 15.9 Å². The minimum atomic E-state index is 0.617. The van der Waals surface area contributed by atoms with Gasteiger partial charge in [-0.05, 0) is 27.6 Å². The van der Waals surface area contributed by atoms with Crippen molar-refractivity contribution in [1.82, 2.24) is 4.98 Å². The molecule has 1 heterocycles. The fourth-order valence-corrected chi connectivity index (χ4v) is 1.11. The Morgan fingerprint density at radius 2 is 2.40 bits per heavy atom. The molecular weight excluding hydrogens is 194 g/mol. The van der Waals surface area contributed by atoms with Crippen molar-refractivity contribution in [2.45, 2.75) is 6.61 Å². The van der Waals surface area contributed by atoms with Crippen LogP contribution < -0.4 is 0 Å². The van der Waals surface area contributed by atoms with Gasteiger partial charge in [0.25, 0.3) is 0 Å². The van der Waals surface area contributed by atoms with E-state index in [9.17, 15) is 0 Å².